The Bertz CT molecular complexity index is 1060. The molecule has 0 aliphatic carbocycles. The number of hydrogen-bond acceptors (Lipinski definition) is 4. The molecule has 4 heterocycles. The molecule has 8 nitrogen and oxygen atoms in total. The molecule has 1 saturated heterocycles. The fraction of sp³-hybridized carbons (Fsp3) is 0.409. The van der Waals surface area contributed by atoms with Gasteiger partial charge in [-0.1, -0.05) is 18.2 Å². The Morgan fingerprint density at radius 1 is 1.23 bits per heavy atom. The molecule has 5 rings (SSSR count). The lowest BCUT2D eigenvalue weighted by atomic mass is 10.0. The second kappa shape index (κ2) is 7.60. The zero-order valence-electron chi connectivity index (χ0n) is 17.0. The van der Waals surface area contributed by atoms with Gasteiger partial charge in [-0.15, -0.1) is 0 Å². The summed E-state index contributed by atoms with van der Waals surface area (Å²) in [7, 11) is 1.83. The van der Waals surface area contributed by atoms with Gasteiger partial charge in [0.05, 0.1) is 6.54 Å². The molecule has 8 heteroatoms. The van der Waals surface area contributed by atoms with Gasteiger partial charge in [-0.25, -0.2) is 0 Å². The van der Waals surface area contributed by atoms with Crippen LogP contribution in [0.15, 0.2) is 30.3 Å². The standard InChI is InChI=1S/C22H25N5O3/c1-26(15-7-10-30-11-8-15)22(29)20-16-13-27(9-6-18(16)24-25-20)21(28)19-12-14-4-2-3-5-17(14)23-19/h2-5,12,15,23H,6-11,13H2,1H3,(H,24,25). The summed E-state index contributed by atoms with van der Waals surface area (Å²) in [4.78, 5) is 33.0. The number of hydrogen-bond donors (Lipinski definition) is 2. The maximum absolute atomic E-state index is 13.1. The van der Waals surface area contributed by atoms with E-state index < -0.39 is 0 Å². The van der Waals surface area contributed by atoms with Crippen molar-refractivity contribution in [2.75, 3.05) is 26.8 Å². The largest absolute Gasteiger partial charge is 0.381 e. The maximum atomic E-state index is 13.1. The van der Waals surface area contributed by atoms with Gasteiger partial charge in [0.15, 0.2) is 5.69 Å². The summed E-state index contributed by atoms with van der Waals surface area (Å²) in [6.45, 7) is 2.32. The van der Waals surface area contributed by atoms with Gasteiger partial charge in [0.2, 0.25) is 0 Å². The molecule has 30 heavy (non-hydrogen) atoms. The number of carbonyl (C=O) groups is 2. The molecule has 2 aliphatic rings. The van der Waals surface area contributed by atoms with Crippen LogP contribution in [0.4, 0.5) is 0 Å². The molecule has 0 radical (unpaired) electrons. The minimum Gasteiger partial charge on any atom is -0.381 e. The van der Waals surface area contributed by atoms with Gasteiger partial charge in [0.1, 0.15) is 5.69 Å². The molecule has 2 aliphatic heterocycles. The van der Waals surface area contributed by atoms with Crippen molar-refractivity contribution in [1.29, 1.82) is 0 Å². The smallest absolute Gasteiger partial charge is 0.274 e. The first-order valence-corrected chi connectivity index (χ1v) is 10.4. The molecular formula is C22H25N5O3. The van der Waals surface area contributed by atoms with Crippen LogP contribution in [-0.4, -0.2) is 69.6 Å². The second-order valence-corrected chi connectivity index (χ2v) is 8.04. The molecule has 0 spiro atoms. The quantitative estimate of drug-likeness (QED) is 0.697. The molecule has 2 amide bonds. The van der Waals surface area contributed by atoms with Crippen LogP contribution in [0.2, 0.25) is 0 Å². The summed E-state index contributed by atoms with van der Waals surface area (Å²) in [5.41, 5.74) is 3.70. The molecule has 0 atom stereocenters. The fourth-order valence-electron chi connectivity index (χ4n) is 4.41. The Labute approximate surface area is 174 Å². The zero-order chi connectivity index (χ0) is 20.7. The number of aromatic amines is 2. The molecule has 3 aromatic rings. The number of nitrogens with zero attached hydrogens (tertiary/aromatic N) is 3. The highest BCUT2D eigenvalue weighted by molar-refractivity contribution is 5.98. The summed E-state index contributed by atoms with van der Waals surface area (Å²) in [6, 6.07) is 9.88. The van der Waals surface area contributed by atoms with E-state index >= 15 is 0 Å². The van der Waals surface area contributed by atoms with Gasteiger partial charge in [0.25, 0.3) is 11.8 Å². The van der Waals surface area contributed by atoms with Crippen LogP contribution in [0.25, 0.3) is 10.9 Å². The first-order chi connectivity index (χ1) is 14.6. The van der Waals surface area contributed by atoms with Crippen molar-refractivity contribution in [3.05, 3.63) is 53.0 Å². The van der Waals surface area contributed by atoms with Gasteiger partial charge in [0, 0.05) is 61.4 Å². The van der Waals surface area contributed by atoms with Gasteiger partial charge in [-0.2, -0.15) is 5.10 Å². The molecule has 1 aromatic carbocycles. The summed E-state index contributed by atoms with van der Waals surface area (Å²) in [5, 5.41) is 8.35. The summed E-state index contributed by atoms with van der Waals surface area (Å²) in [5.74, 6) is -0.159. The maximum Gasteiger partial charge on any atom is 0.274 e. The van der Waals surface area contributed by atoms with E-state index in [0.29, 0.717) is 44.1 Å². The number of nitrogens with one attached hydrogen (secondary N) is 2. The Morgan fingerprint density at radius 3 is 2.83 bits per heavy atom. The van der Waals surface area contributed by atoms with Crippen molar-refractivity contribution >= 4 is 22.7 Å². The van der Waals surface area contributed by atoms with Gasteiger partial charge in [-0.05, 0) is 25.0 Å². The molecule has 2 N–H and O–H groups in total. The van der Waals surface area contributed by atoms with Gasteiger partial charge in [-0.3, -0.25) is 14.7 Å². The molecule has 1 fully saturated rings. The first kappa shape index (κ1) is 18.9. The number of aromatic nitrogens is 3. The van der Waals surface area contributed by atoms with E-state index in [1.54, 1.807) is 9.80 Å². The molecule has 2 aromatic heterocycles. The minimum absolute atomic E-state index is 0.0609. The average molecular weight is 407 g/mol. The van der Waals surface area contributed by atoms with Crippen LogP contribution in [0.5, 0.6) is 0 Å². The highest BCUT2D eigenvalue weighted by Crippen LogP contribution is 2.25. The highest BCUT2D eigenvalue weighted by atomic mass is 16.5. The molecule has 0 bridgehead atoms. The lowest BCUT2D eigenvalue weighted by Gasteiger charge is -2.31. The van der Waals surface area contributed by atoms with E-state index in [1.165, 1.54) is 0 Å². The van der Waals surface area contributed by atoms with Crippen LogP contribution in [0.3, 0.4) is 0 Å². The number of benzene rings is 1. The Kier molecular flexibility index (Phi) is 4.78. The minimum atomic E-state index is -0.0979. The van der Waals surface area contributed by atoms with E-state index in [0.717, 1.165) is 35.0 Å². The third kappa shape index (κ3) is 3.27. The number of rotatable bonds is 3. The topological polar surface area (TPSA) is 94.3 Å². The number of carbonyl (C=O) groups excluding carboxylic acids is 2. The SMILES string of the molecule is CN(C(=O)c1n[nH]c2c1CN(C(=O)c1cc3ccccc3[nH]1)CC2)C1CCOCC1. The number of ether oxygens (including phenoxy) is 1. The van der Waals surface area contributed by atoms with Crippen LogP contribution in [0, 0.1) is 0 Å². The van der Waals surface area contributed by atoms with E-state index in [2.05, 4.69) is 15.2 Å². The number of para-hydroxylation sites is 1. The van der Waals surface area contributed by atoms with Crippen molar-refractivity contribution in [3.8, 4) is 0 Å². The van der Waals surface area contributed by atoms with Crippen LogP contribution in [0.1, 0.15) is 45.1 Å². The van der Waals surface area contributed by atoms with E-state index in [4.69, 9.17) is 4.74 Å². The van der Waals surface area contributed by atoms with Gasteiger partial charge >= 0.3 is 0 Å². The number of H-pyrrole nitrogens is 2. The van der Waals surface area contributed by atoms with Crippen LogP contribution < -0.4 is 0 Å². The number of fused-ring (bicyclic) bond motifs is 2. The number of amides is 2. The normalized spacial score (nSPS) is 17.2. The molecule has 0 saturated carbocycles. The lowest BCUT2D eigenvalue weighted by molar-refractivity contribution is 0.0357. The third-order valence-corrected chi connectivity index (χ3v) is 6.24. The Hall–Kier alpha value is -3.13. The third-order valence-electron chi connectivity index (χ3n) is 6.24. The lowest BCUT2D eigenvalue weighted by Crippen LogP contribution is -2.42. The van der Waals surface area contributed by atoms with Crippen molar-refractivity contribution in [1.82, 2.24) is 25.0 Å². The molecule has 0 unspecified atom stereocenters. The second-order valence-electron chi connectivity index (χ2n) is 8.04. The predicted molar refractivity (Wildman–Crippen MR) is 111 cm³/mol. The fourth-order valence-corrected chi connectivity index (χ4v) is 4.41. The predicted octanol–water partition coefficient (Wildman–Crippen LogP) is 2.34. The Morgan fingerprint density at radius 2 is 2.03 bits per heavy atom. The molecule has 156 valence electrons. The van der Waals surface area contributed by atoms with Crippen molar-refractivity contribution in [2.24, 2.45) is 0 Å². The summed E-state index contributed by atoms with van der Waals surface area (Å²) in [6.07, 6.45) is 2.32. The van der Waals surface area contributed by atoms with Crippen LogP contribution >= 0.6 is 0 Å². The monoisotopic (exact) mass is 407 g/mol. The van der Waals surface area contributed by atoms with Crippen molar-refractivity contribution in [3.63, 3.8) is 0 Å². The van der Waals surface area contributed by atoms with E-state index in [-0.39, 0.29) is 17.9 Å². The molecular weight excluding hydrogens is 382 g/mol. The van der Waals surface area contributed by atoms with Crippen LogP contribution in [-0.2, 0) is 17.7 Å². The van der Waals surface area contributed by atoms with E-state index in [9.17, 15) is 9.59 Å². The zero-order valence-corrected chi connectivity index (χ0v) is 17.0. The summed E-state index contributed by atoms with van der Waals surface area (Å²) < 4.78 is 5.41. The van der Waals surface area contributed by atoms with E-state index in [1.807, 2.05) is 37.4 Å². The average Bonchev–Trinajstić information content (AvgIpc) is 3.42. The Balaban J connectivity index is 1.36. The van der Waals surface area contributed by atoms with Crippen molar-refractivity contribution in [2.45, 2.75) is 31.8 Å². The highest BCUT2D eigenvalue weighted by Gasteiger charge is 2.32. The summed E-state index contributed by atoms with van der Waals surface area (Å²) >= 11 is 0. The van der Waals surface area contributed by atoms with Crippen molar-refractivity contribution < 1.29 is 14.3 Å². The first-order valence-electron chi connectivity index (χ1n) is 10.4. The van der Waals surface area contributed by atoms with Gasteiger partial charge < -0.3 is 19.5 Å².